The Bertz CT molecular complexity index is 459. The quantitative estimate of drug-likeness (QED) is 0.852. The number of halogens is 1. The summed E-state index contributed by atoms with van der Waals surface area (Å²) in [7, 11) is 1.70. The van der Waals surface area contributed by atoms with Gasteiger partial charge in [0.1, 0.15) is 5.82 Å². The first kappa shape index (κ1) is 13.8. The molecule has 19 heavy (non-hydrogen) atoms. The molecule has 0 radical (unpaired) electrons. The minimum Gasteiger partial charge on any atom is -0.396 e. The first-order valence-corrected chi connectivity index (χ1v) is 6.50. The summed E-state index contributed by atoms with van der Waals surface area (Å²) < 4.78 is 18.9. The highest BCUT2D eigenvalue weighted by Gasteiger charge is 2.20. The normalized spacial score (nSPS) is 19.2. The van der Waals surface area contributed by atoms with Crippen LogP contribution in [0.4, 0.5) is 10.1 Å². The van der Waals surface area contributed by atoms with Gasteiger partial charge in [0.05, 0.1) is 11.8 Å². The van der Waals surface area contributed by atoms with E-state index in [0.29, 0.717) is 12.1 Å². The smallest absolute Gasteiger partial charge is 0.253 e. The predicted octanol–water partition coefficient (Wildman–Crippen LogP) is 2.05. The highest BCUT2D eigenvalue weighted by Crippen LogP contribution is 2.16. The summed E-state index contributed by atoms with van der Waals surface area (Å²) >= 11 is 0. The first-order valence-electron chi connectivity index (χ1n) is 6.50. The highest BCUT2D eigenvalue weighted by atomic mass is 19.1. The molecule has 2 rings (SSSR count). The summed E-state index contributed by atoms with van der Waals surface area (Å²) in [6, 6.07) is 4.13. The zero-order valence-corrected chi connectivity index (χ0v) is 11.1. The maximum Gasteiger partial charge on any atom is 0.253 e. The number of rotatable bonds is 3. The van der Waals surface area contributed by atoms with Crippen molar-refractivity contribution in [2.75, 3.05) is 25.9 Å². The number of ether oxygens (including phenoxy) is 1. The van der Waals surface area contributed by atoms with E-state index in [9.17, 15) is 9.18 Å². The number of nitrogens with zero attached hydrogens (tertiary/aromatic N) is 1. The van der Waals surface area contributed by atoms with Crippen molar-refractivity contribution in [2.24, 2.45) is 0 Å². The van der Waals surface area contributed by atoms with Gasteiger partial charge >= 0.3 is 0 Å². The molecule has 0 aromatic heterocycles. The van der Waals surface area contributed by atoms with Gasteiger partial charge in [0.25, 0.3) is 5.91 Å². The Balaban J connectivity index is 1.99. The fraction of sp³-hybridized carbons (Fsp3) is 0.500. The third-order valence-corrected chi connectivity index (χ3v) is 3.35. The van der Waals surface area contributed by atoms with Gasteiger partial charge in [-0.2, -0.15) is 0 Å². The minimum absolute atomic E-state index is 0.0508. The summed E-state index contributed by atoms with van der Waals surface area (Å²) in [5.74, 6) is -0.777. The summed E-state index contributed by atoms with van der Waals surface area (Å²) in [5.41, 5.74) is 5.76. The molecular weight excluding hydrogens is 247 g/mol. The van der Waals surface area contributed by atoms with E-state index in [0.717, 1.165) is 25.9 Å². The maximum atomic E-state index is 13.3. The molecule has 1 aromatic carbocycles. The Labute approximate surface area is 112 Å². The van der Waals surface area contributed by atoms with Crippen LogP contribution in [0.15, 0.2) is 18.2 Å². The molecule has 5 heteroatoms. The van der Waals surface area contributed by atoms with Crippen LogP contribution in [0.5, 0.6) is 0 Å². The molecule has 1 saturated heterocycles. The zero-order chi connectivity index (χ0) is 13.8. The topological polar surface area (TPSA) is 55.6 Å². The average molecular weight is 266 g/mol. The second-order valence-corrected chi connectivity index (χ2v) is 4.91. The number of nitrogens with two attached hydrogens (primary N) is 1. The van der Waals surface area contributed by atoms with Gasteiger partial charge in [-0.15, -0.1) is 0 Å². The van der Waals surface area contributed by atoms with Crippen molar-refractivity contribution in [3.63, 3.8) is 0 Å². The lowest BCUT2D eigenvalue weighted by Crippen LogP contribution is -2.37. The van der Waals surface area contributed by atoms with Crippen molar-refractivity contribution in [2.45, 2.75) is 25.4 Å². The minimum atomic E-state index is -0.562. The number of carbonyl (C=O) groups is 1. The monoisotopic (exact) mass is 266 g/mol. The maximum absolute atomic E-state index is 13.3. The second-order valence-electron chi connectivity index (χ2n) is 4.91. The van der Waals surface area contributed by atoms with Crippen molar-refractivity contribution in [1.82, 2.24) is 4.90 Å². The average Bonchev–Trinajstić information content (AvgIpc) is 2.42. The predicted molar refractivity (Wildman–Crippen MR) is 71.4 cm³/mol. The van der Waals surface area contributed by atoms with Crippen molar-refractivity contribution in [3.05, 3.63) is 29.6 Å². The molecule has 2 N–H and O–H groups in total. The Morgan fingerprint density at radius 3 is 2.95 bits per heavy atom. The van der Waals surface area contributed by atoms with E-state index in [4.69, 9.17) is 10.5 Å². The Morgan fingerprint density at radius 1 is 1.53 bits per heavy atom. The molecule has 0 spiro atoms. The van der Waals surface area contributed by atoms with Crippen molar-refractivity contribution in [1.29, 1.82) is 0 Å². The Morgan fingerprint density at radius 2 is 2.32 bits per heavy atom. The lowest BCUT2D eigenvalue weighted by atomic mass is 10.1. The number of benzene rings is 1. The van der Waals surface area contributed by atoms with Gasteiger partial charge in [0, 0.05) is 25.8 Å². The van der Waals surface area contributed by atoms with Crippen molar-refractivity contribution in [3.8, 4) is 0 Å². The van der Waals surface area contributed by atoms with Crippen LogP contribution in [-0.4, -0.2) is 37.1 Å². The summed E-state index contributed by atoms with van der Waals surface area (Å²) in [4.78, 5) is 13.7. The SMILES string of the molecule is CN(CC1CCCCO1)C(=O)c1ccc(N)c(F)c1. The molecule has 1 aromatic rings. The molecule has 0 aliphatic carbocycles. The standard InChI is InChI=1S/C14H19FN2O2/c1-17(9-11-4-2-3-7-19-11)14(18)10-5-6-13(16)12(15)8-10/h5-6,8,11H,2-4,7,9,16H2,1H3. The molecule has 1 unspecified atom stereocenters. The second kappa shape index (κ2) is 6.02. The zero-order valence-electron chi connectivity index (χ0n) is 11.1. The van der Waals surface area contributed by atoms with E-state index < -0.39 is 5.82 Å². The van der Waals surface area contributed by atoms with Crippen LogP contribution in [0, 0.1) is 5.82 Å². The number of hydrogen-bond donors (Lipinski definition) is 1. The van der Waals surface area contributed by atoms with E-state index in [1.807, 2.05) is 0 Å². The Kier molecular flexibility index (Phi) is 4.37. The molecule has 4 nitrogen and oxygen atoms in total. The number of hydrogen-bond acceptors (Lipinski definition) is 3. The van der Waals surface area contributed by atoms with Crippen LogP contribution in [0.2, 0.25) is 0 Å². The lowest BCUT2D eigenvalue weighted by molar-refractivity contribution is -0.000192. The van der Waals surface area contributed by atoms with Gasteiger partial charge in [-0.1, -0.05) is 0 Å². The lowest BCUT2D eigenvalue weighted by Gasteiger charge is -2.27. The van der Waals surface area contributed by atoms with E-state index in [1.54, 1.807) is 18.0 Å². The number of likely N-dealkylation sites (N-methyl/N-ethyl adjacent to an activating group) is 1. The van der Waals surface area contributed by atoms with Crippen LogP contribution < -0.4 is 5.73 Å². The third kappa shape index (κ3) is 3.44. The molecule has 0 saturated carbocycles. The summed E-state index contributed by atoms with van der Waals surface area (Å²) in [5, 5.41) is 0. The summed E-state index contributed by atoms with van der Waals surface area (Å²) in [6.45, 7) is 1.29. The van der Waals surface area contributed by atoms with E-state index in [1.165, 1.54) is 12.1 Å². The molecule has 1 heterocycles. The van der Waals surface area contributed by atoms with Crippen LogP contribution in [0.1, 0.15) is 29.6 Å². The van der Waals surface area contributed by atoms with Crippen molar-refractivity contribution < 1.29 is 13.9 Å². The van der Waals surface area contributed by atoms with Crippen molar-refractivity contribution >= 4 is 11.6 Å². The van der Waals surface area contributed by atoms with Gasteiger partial charge in [-0.25, -0.2) is 4.39 Å². The summed E-state index contributed by atoms with van der Waals surface area (Å²) in [6.07, 6.45) is 3.26. The molecule has 1 fully saturated rings. The van der Waals surface area contributed by atoms with Gasteiger partial charge in [0.15, 0.2) is 0 Å². The number of amides is 1. The van der Waals surface area contributed by atoms with E-state index >= 15 is 0 Å². The third-order valence-electron chi connectivity index (χ3n) is 3.35. The molecule has 1 aliphatic heterocycles. The number of anilines is 1. The van der Waals surface area contributed by atoms with Crippen LogP contribution in [-0.2, 0) is 4.74 Å². The van der Waals surface area contributed by atoms with Gasteiger partial charge in [0.2, 0.25) is 0 Å². The van der Waals surface area contributed by atoms with E-state index in [2.05, 4.69) is 0 Å². The number of carbonyl (C=O) groups excluding carboxylic acids is 1. The van der Waals surface area contributed by atoms with E-state index in [-0.39, 0.29) is 17.7 Å². The molecule has 0 bridgehead atoms. The number of nitrogen functional groups attached to an aromatic ring is 1. The fourth-order valence-corrected chi connectivity index (χ4v) is 2.22. The fourth-order valence-electron chi connectivity index (χ4n) is 2.22. The molecular formula is C14H19FN2O2. The Hall–Kier alpha value is -1.62. The van der Waals surface area contributed by atoms with Crippen LogP contribution in [0.3, 0.4) is 0 Å². The molecule has 1 aliphatic rings. The van der Waals surface area contributed by atoms with Crippen LogP contribution in [0.25, 0.3) is 0 Å². The van der Waals surface area contributed by atoms with Crippen LogP contribution >= 0.6 is 0 Å². The molecule has 1 amide bonds. The molecule has 1 atom stereocenters. The van der Waals surface area contributed by atoms with Gasteiger partial charge < -0.3 is 15.4 Å². The highest BCUT2D eigenvalue weighted by molar-refractivity contribution is 5.94. The van der Waals surface area contributed by atoms with Gasteiger partial charge in [-0.05, 0) is 37.5 Å². The van der Waals surface area contributed by atoms with Gasteiger partial charge in [-0.3, -0.25) is 4.79 Å². The largest absolute Gasteiger partial charge is 0.396 e. The first-order chi connectivity index (χ1) is 9.08. The molecule has 104 valence electrons.